The van der Waals surface area contributed by atoms with E-state index in [2.05, 4.69) is 18.3 Å². The monoisotopic (exact) mass is 458 g/mol. The number of carbonyl (C=O) groups is 1. The molecule has 0 bridgehead atoms. The quantitative estimate of drug-likeness (QED) is 0.394. The van der Waals surface area contributed by atoms with Crippen LogP contribution in [0.15, 0.2) is 48.5 Å². The fraction of sp³-hybridized carbons (Fsp3) is 0.296. The normalized spacial score (nSPS) is 11.0. The van der Waals surface area contributed by atoms with Crippen molar-refractivity contribution in [2.75, 3.05) is 19.5 Å². The first kappa shape index (κ1) is 23.3. The van der Waals surface area contributed by atoms with Crippen LogP contribution in [-0.4, -0.2) is 34.7 Å². The molecule has 0 radical (unpaired) electrons. The number of methoxy groups -OCH3 is 2. The third-order valence-electron chi connectivity index (χ3n) is 6.07. The average Bonchev–Trinajstić information content (AvgIpc) is 3.27. The SMILES string of the molecule is CCc1cccc(NC(=O)CCc2c(C)nc3cc(-c4ccc(OC)cc4OC)nn3c2C)c1. The Labute approximate surface area is 199 Å². The first-order valence-electron chi connectivity index (χ1n) is 11.4. The number of nitrogens with one attached hydrogen (secondary N) is 1. The standard InChI is InChI=1S/C27H30N4O3/c1-6-19-8-7-9-20(14-19)29-27(32)13-12-22-17(2)28-26-16-24(30-31(26)18(22)3)23-11-10-21(33-4)15-25(23)34-5/h7-11,14-16H,6,12-13H2,1-5H3,(H,29,32). The number of benzene rings is 2. The van der Waals surface area contributed by atoms with Gasteiger partial charge in [-0.3, -0.25) is 4.79 Å². The molecule has 2 aromatic heterocycles. The van der Waals surface area contributed by atoms with Crippen LogP contribution in [0.3, 0.4) is 0 Å². The lowest BCUT2D eigenvalue weighted by Crippen LogP contribution is -2.14. The van der Waals surface area contributed by atoms with Gasteiger partial charge in [0.1, 0.15) is 11.5 Å². The highest BCUT2D eigenvalue weighted by atomic mass is 16.5. The van der Waals surface area contributed by atoms with Crippen LogP contribution < -0.4 is 14.8 Å². The van der Waals surface area contributed by atoms with Crippen molar-refractivity contribution in [3.05, 3.63) is 71.0 Å². The second kappa shape index (κ2) is 9.95. The van der Waals surface area contributed by atoms with E-state index in [4.69, 9.17) is 19.6 Å². The summed E-state index contributed by atoms with van der Waals surface area (Å²) in [6, 6.07) is 15.6. The molecule has 0 aliphatic rings. The summed E-state index contributed by atoms with van der Waals surface area (Å²) in [7, 11) is 3.25. The van der Waals surface area contributed by atoms with Crippen molar-refractivity contribution in [3.8, 4) is 22.8 Å². The van der Waals surface area contributed by atoms with E-state index >= 15 is 0 Å². The number of aryl methyl sites for hydroxylation is 3. The molecule has 0 atom stereocenters. The number of aromatic nitrogens is 3. The molecule has 176 valence electrons. The molecule has 7 heteroatoms. The fourth-order valence-corrected chi connectivity index (χ4v) is 4.16. The van der Waals surface area contributed by atoms with Gasteiger partial charge in [-0.05, 0) is 62.1 Å². The predicted molar refractivity (Wildman–Crippen MR) is 134 cm³/mol. The average molecular weight is 459 g/mol. The number of hydrogen-bond donors (Lipinski definition) is 1. The molecule has 2 aromatic carbocycles. The van der Waals surface area contributed by atoms with Crippen molar-refractivity contribution in [1.29, 1.82) is 0 Å². The van der Waals surface area contributed by atoms with Gasteiger partial charge >= 0.3 is 0 Å². The van der Waals surface area contributed by atoms with Crippen molar-refractivity contribution in [2.24, 2.45) is 0 Å². The maximum Gasteiger partial charge on any atom is 0.224 e. The lowest BCUT2D eigenvalue weighted by Gasteiger charge is -2.11. The van der Waals surface area contributed by atoms with Gasteiger partial charge < -0.3 is 14.8 Å². The first-order chi connectivity index (χ1) is 16.4. The Morgan fingerprint density at radius 1 is 1.06 bits per heavy atom. The number of amides is 1. The van der Waals surface area contributed by atoms with Crippen LogP contribution in [0.25, 0.3) is 16.9 Å². The van der Waals surface area contributed by atoms with Gasteiger partial charge in [-0.15, -0.1) is 0 Å². The second-order valence-electron chi connectivity index (χ2n) is 8.23. The van der Waals surface area contributed by atoms with Crippen LogP contribution in [0.2, 0.25) is 0 Å². The van der Waals surface area contributed by atoms with E-state index < -0.39 is 0 Å². The van der Waals surface area contributed by atoms with Crippen LogP contribution in [0.5, 0.6) is 11.5 Å². The molecule has 0 unspecified atom stereocenters. The van der Waals surface area contributed by atoms with Crippen LogP contribution in [0.1, 0.15) is 35.9 Å². The van der Waals surface area contributed by atoms with Crippen molar-refractivity contribution in [2.45, 2.75) is 40.0 Å². The van der Waals surface area contributed by atoms with Crippen LogP contribution in [-0.2, 0) is 17.6 Å². The van der Waals surface area contributed by atoms with Crippen LogP contribution in [0, 0.1) is 13.8 Å². The summed E-state index contributed by atoms with van der Waals surface area (Å²) < 4.78 is 12.7. The molecule has 0 saturated heterocycles. The molecule has 0 aliphatic heterocycles. The van der Waals surface area contributed by atoms with Gasteiger partial charge in [0.2, 0.25) is 5.91 Å². The Balaban J connectivity index is 1.57. The lowest BCUT2D eigenvalue weighted by molar-refractivity contribution is -0.116. The summed E-state index contributed by atoms with van der Waals surface area (Å²) in [4.78, 5) is 17.4. The molecule has 1 amide bonds. The maximum absolute atomic E-state index is 12.6. The number of anilines is 1. The molecule has 4 aromatic rings. The summed E-state index contributed by atoms with van der Waals surface area (Å²) in [5, 5.41) is 7.80. The first-order valence-corrected chi connectivity index (χ1v) is 11.4. The molecule has 7 nitrogen and oxygen atoms in total. The van der Waals surface area contributed by atoms with Gasteiger partial charge in [0, 0.05) is 41.2 Å². The highest BCUT2D eigenvalue weighted by Crippen LogP contribution is 2.33. The van der Waals surface area contributed by atoms with Gasteiger partial charge in [0.05, 0.1) is 19.9 Å². The largest absolute Gasteiger partial charge is 0.497 e. The maximum atomic E-state index is 12.6. The lowest BCUT2D eigenvalue weighted by atomic mass is 10.1. The molecule has 0 saturated carbocycles. The van der Waals surface area contributed by atoms with Gasteiger partial charge in [0.25, 0.3) is 0 Å². The van der Waals surface area contributed by atoms with Crippen molar-refractivity contribution >= 4 is 17.2 Å². The smallest absolute Gasteiger partial charge is 0.224 e. The van der Waals surface area contributed by atoms with E-state index in [9.17, 15) is 4.79 Å². The van der Waals surface area contributed by atoms with E-state index in [1.54, 1.807) is 14.2 Å². The van der Waals surface area contributed by atoms with Crippen LogP contribution >= 0.6 is 0 Å². The minimum atomic E-state index is -0.0173. The van der Waals surface area contributed by atoms with Gasteiger partial charge in [0.15, 0.2) is 5.65 Å². The Bertz CT molecular complexity index is 1340. The number of carbonyl (C=O) groups excluding carboxylic acids is 1. The van der Waals surface area contributed by atoms with E-state index in [-0.39, 0.29) is 5.91 Å². The summed E-state index contributed by atoms with van der Waals surface area (Å²) in [6.07, 6.45) is 1.88. The van der Waals surface area contributed by atoms with Gasteiger partial charge in [-0.1, -0.05) is 19.1 Å². The highest BCUT2D eigenvalue weighted by molar-refractivity contribution is 5.91. The zero-order chi connectivity index (χ0) is 24.2. The minimum absolute atomic E-state index is 0.0173. The second-order valence-corrected chi connectivity index (χ2v) is 8.23. The third-order valence-corrected chi connectivity index (χ3v) is 6.07. The number of rotatable bonds is 8. The Morgan fingerprint density at radius 2 is 1.88 bits per heavy atom. The molecule has 2 heterocycles. The van der Waals surface area contributed by atoms with E-state index in [0.717, 1.165) is 51.7 Å². The van der Waals surface area contributed by atoms with Gasteiger partial charge in [-0.2, -0.15) is 5.10 Å². The van der Waals surface area contributed by atoms with Crippen molar-refractivity contribution in [3.63, 3.8) is 0 Å². The molecular weight excluding hydrogens is 428 g/mol. The minimum Gasteiger partial charge on any atom is -0.497 e. The number of nitrogens with zero attached hydrogens (tertiary/aromatic N) is 3. The number of fused-ring (bicyclic) bond motifs is 1. The fourth-order valence-electron chi connectivity index (χ4n) is 4.16. The topological polar surface area (TPSA) is 77.8 Å². The summed E-state index contributed by atoms with van der Waals surface area (Å²) >= 11 is 0. The molecule has 0 fully saturated rings. The molecule has 1 N–H and O–H groups in total. The Morgan fingerprint density at radius 3 is 2.62 bits per heavy atom. The zero-order valence-electron chi connectivity index (χ0n) is 20.3. The van der Waals surface area contributed by atoms with E-state index in [0.29, 0.717) is 18.6 Å². The molecule has 0 spiro atoms. The van der Waals surface area contributed by atoms with Gasteiger partial charge in [-0.25, -0.2) is 9.50 Å². The third kappa shape index (κ3) is 4.73. The highest BCUT2D eigenvalue weighted by Gasteiger charge is 2.17. The summed E-state index contributed by atoms with van der Waals surface area (Å²) in [5.74, 6) is 1.38. The Hall–Kier alpha value is -3.87. The zero-order valence-corrected chi connectivity index (χ0v) is 20.3. The molecular formula is C27H30N4O3. The Kier molecular flexibility index (Phi) is 6.82. The van der Waals surface area contributed by atoms with Crippen molar-refractivity contribution < 1.29 is 14.3 Å². The van der Waals surface area contributed by atoms with Crippen LogP contribution in [0.4, 0.5) is 5.69 Å². The molecule has 4 rings (SSSR count). The summed E-state index contributed by atoms with van der Waals surface area (Å²) in [6.45, 7) is 6.09. The number of hydrogen-bond acceptors (Lipinski definition) is 5. The molecule has 0 aliphatic carbocycles. The van der Waals surface area contributed by atoms with E-state index in [1.165, 1.54) is 5.56 Å². The predicted octanol–water partition coefficient (Wildman–Crippen LogP) is 5.16. The summed E-state index contributed by atoms with van der Waals surface area (Å²) in [5.41, 5.74) is 7.31. The van der Waals surface area contributed by atoms with E-state index in [1.807, 2.05) is 60.8 Å². The van der Waals surface area contributed by atoms with Crippen molar-refractivity contribution in [1.82, 2.24) is 14.6 Å². The molecule has 34 heavy (non-hydrogen) atoms. The number of ether oxygens (including phenoxy) is 2.